The van der Waals surface area contributed by atoms with Gasteiger partial charge >= 0.3 is 0 Å². The number of hydrogen-bond donors (Lipinski definition) is 1. The molecule has 1 aromatic heterocycles. The van der Waals surface area contributed by atoms with Crippen molar-refractivity contribution < 1.29 is 0 Å². The van der Waals surface area contributed by atoms with E-state index in [1.807, 2.05) is 18.2 Å². The van der Waals surface area contributed by atoms with E-state index >= 15 is 0 Å². The van der Waals surface area contributed by atoms with Gasteiger partial charge in [0, 0.05) is 37.0 Å². The number of hydrogen-bond acceptors (Lipinski definition) is 3. The second-order valence-corrected chi connectivity index (χ2v) is 6.85. The van der Waals surface area contributed by atoms with Gasteiger partial charge in [0.25, 0.3) is 0 Å². The highest BCUT2D eigenvalue weighted by molar-refractivity contribution is 7.80. The minimum absolute atomic E-state index is 0.858. The van der Waals surface area contributed by atoms with Gasteiger partial charge in [-0.15, -0.1) is 11.3 Å². The van der Waals surface area contributed by atoms with E-state index in [0.717, 1.165) is 41.9 Å². The van der Waals surface area contributed by atoms with Crippen molar-refractivity contribution in [1.82, 2.24) is 15.2 Å². The lowest BCUT2D eigenvalue weighted by Gasteiger charge is -2.29. The molecular weight excluding hydrogens is 310 g/mol. The number of benzene rings is 1. The molecule has 5 heteroatoms. The van der Waals surface area contributed by atoms with Crippen molar-refractivity contribution in [3.05, 3.63) is 40.7 Å². The molecule has 1 fully saturated rings. The number of piperidine rings is 1. The zero-order valence-corrected chi connectivity index (χ0v) is 14.3. The summed E-state index contributed by atoms with van der Waals surface area (Å²) in [4.78, 5) is 7.00. The number of rotatable bonds is 4. The highest BCUT2D eigenvalue weighted by Gasteiger charge is 2.12. The molecule has 1 N–H and O–H groups in total. The second-order valence-electron chi connectivity index (χ2n) is 5.52. The van der Waals surface area contributed by atoms with Crippen LogP contribution in [0.1, 0.15) is 24.3 Å². The Hall–Kier alpha value is -1.46. The minimum atomic E-state index is 0.858. The molecule has 0 unspecified atom stereocenters. The van der Waals surface area contributed by atoms with Crippen molar-refractivity contribution in [2.24, 2.45) is 0 Å². The predicted octanol–water partition coefficient (Wildman–Crippen LogP) is 3.71. The van der Waals surface area contributed by atoms with Gasteiger partial charge < -0.3 is 10.2 Å². The van der Waals surface area contributed by atoms with E-state index in [4.69, 9.17) is 17.2 Å². The van der Waals surface area contributed by atoms with Crippen LogP contribution in [0.4, 0.5) is 0 Å². The van der Waals surface area contributed by atoms with Crippen molar-refractivity contribution in [2.45, 2.75) is 25.7 Å². The molecule has 0 aliphatic carbocycles. The number of nitrogens with zero attached hydrogens (tertiary/aromatic N) is 2. The molecule has 1 aromatic carbocycles. The van der Waals surface area contributed by atoms with Crippen LogP contribution in [0.2, 0.25) is 0 Å². The zero-order chi connectivity index (χ0) is 15.2. The maximum Gasteiger partial charge on any atom is 0.168 e. The molecule has 1 aliphatic heterocycles. The number of aromatic nitrogens is 1. The van der Waals surface area contributed by atoms with Crippen molar-refractivity contribution in [3.8, 4) is 11.3 Å². The SMILES string of the molecule is S=C(NCCc1nc(-c2ccccc2)cs1)N1CCCCC1. The van der Waals surface area contributed by atoms with Gasteiger partial charge in [-0.3, -0.25) is 0 Å². The summed E-state index contributed by atoms with van der Waals surface area (Å²) in [6, 6.07) is 10.3. The number of likely N-dealkylation sites (tertiary alicyclic amines) is 1. The van der Waals surface area contributed by atoms with E-state index in [2.05, 4.69) is 27.7 Å². The van der Waals surface area contributed by atoms with Crippen LogP contribution in [0.5, 0.6) is 0 Å². The topological polar surface area (TPSA) is 28.2 Å². The maximum atomic E-state index is 5.47. The van der Waals surface area contributed by atoms with Gasteiger partial charge in [-0.05, 0) is 31.5 Å². The van der Waals surface area contributed by atoms with Crippen molar-refractivity contribution in [1.29, 1.82) is 0 Å². The molecule has 0 amide bonds. The number of nitrogens with one attached hydrogen (secondary N) is 1. The predicted molar refractivity (Wildman–Crippen MR) is 97.3 cm³/mol. The first-order valence-corrected chi connectivity index (χ1v) is 9.14. The fourth-order valence-electron chi connectivity index (χ4n) is 2.65. The molecule has 2 heterocycles. The lowest BCUT2D eigenvalue weighted by molar-refractivity contribution is 0.338. The van der Waals surface area contributed by atoms with Crippen LogP contribution in [0, 0.1) is 0 Å². The van der Waals surface area contributed by atoms with Crippen LogP contribution in [-0.4, -0.2) is 34.6 Å². The molecule has 0 bridgehead atoms. The molecule has 0 spiro atoms. The Balaban J connectivity index is 1.48. The van der Waals surface area contributed by atoms with E-state index in [0.29, 0.717) is 0 Å². The maximum absolute atomic E-state index is 5.47. The number of thiazole rings is 1. The first-order valence-electron chi connectivity index (χ1n) is 7.85. The molecule has 1 saturated heterocycles. The fourth-order valence-corrected chi connectivity index (χ4v) is 3.74. The van der Waals surface area contributed by atoms with E-state index in [9.17, 15) is 0 Å². The summed E-state index contributed by atoms with van der Waals surface area (Å²) in [6.45, 7) is 3.06. The van der Waals surface area contributed by atoms with Gasteiger partial charge in [-0.25, -0.2) is 4.98 Å². The fraction of sp³-hybridized carbons (Fsp3) is 0.412. The Morgan fingerprint density at radius 1 is 1.18 bits per heavy atom. The summed E-state index contributed by atoms with van der Waals surface area (Å²) in [7, 11) is 0. The zero-order valence-electron chi connectivity index (χ0n) is 12.6. The molecule has 0 saturated carbocycles. The lowest BCUT2D eigenvalue weighted by atomic mass is 10.1. The van der Waals surface area contributed by atoms with Gasteiger partial charge in [0.1, 0.15) is 0 Å². The smallest absolute Gasteiger partial charge is 0.168 e. The van der Waals surface area contributed by atoms with E-state index in [1.165, 1.54) is 24.8 Å². The normalized spacial score (nSPS) is 14.8. The van der Waals surface area contributed by atoms with Crippen LogP contribution in [0.3, 0.4) is 0 Å². The molecule has 22 heavy (non-hydrogen) atoms. The molecule has 3 rings (SSSR count). The lowest BCUT2D eigenvalue weighted by Crippen LogP contribution is -2.43. The Bertz CT molecular complexity index is 603. The molecule has 116 valence electrons. The van der Waals surface area contributed by atoms with Crippen molar-refractivity contribution in [2.75, 3.05) is 19.6 Å². The second kappa shape index (κ2) is 7.70. The quantitative estimate of drug-likeness (QED) is 0.865. The Morgan fingerprint density at radius 2 is 1.95 bits per heavy atom. The highest BCUT2D eigenvalue weighted by Crippen LogP contribution is 2.21. The number of thiocarbonyl (C=S) groups is 1. The van der Waals surface area contributed by atoms with E-state index < -0.39 is 0 Å². The monoisotopic (exact) mass is 331 g/mol. The van der Waals surface area contributed by atoms with Gasteiger partial charge in [-0.1, -0.05) is 30.3 Å². The molecule has 0 radical (unpaired) electrons. The van der Waals surface area contributed by atoms with E-state index in [-0.39, 0.29) is 0 Å². The van der Waals surface area contributed by atoms with Gasteiger partial charge in [0.15, 0.2) is 5.11 Å². The average molecular weight is 332 g/mol. The van der Waals surface area contributed by atoms with Gasteiger partial charge in [0.05, 0.1) is 10.7 Å². The van der Waals surface area contributed by atoms with Crippen molar-refractivity contribution in [3.63, 3.8) is 0 Å². The Morgan fingerprint density at radius 3 is 2.73 bits per heavy atom. The van der Waals surface area contributed by atoms with Crippen molar-refractivity contribution >= 4 is 28.7 Å². The third-order valence-corrected chi connectivity index (χ3v) is 5.19. The van der Waals surface area contributed by atoms with Gasteiger partial charge in [-0.2, -0.15) is 0 Å². The molecule has 2 aromatic rings. The van der Waals surface area contributed by atoms with Crippen LogP contribution in [0.25, 0.3) is 11.3 Å². The van der Waals surface area contributed by atoms with Crippen LogP contribution >= 0.6 is 23.6 Å². The summed E-state index contributed by atoms with van der Waals surface area (Å²) in [5.74, 6) is 0. The summed E-state index contributed by atoms with van der Waals surface area (Å²) < 4.78 is 0. The summed E-state index contributed by atoms with van der Waals surface area (Å²) in [5.41, 5.74) is 2.25. The Kier molecular flexibility index (Phi) is 5.40. The van der Waals surface area contributed by atoms with Crippen LogP contribution < -0.4 is 5.32 Å². The molecule has 0 atom stereocenters. The van der Waals surface area contributed by atoms with Gasteiger partial charge in [0.2, 0.25) is 0 Å². The average Bonchev–Trinajstić information content (AvgIpc) is 3.05. The first kappa shape index (κ1) is 15.4. The molecule has 3 nitrogen and oxygen atoms in total. The summed E-state index contributed by atoms with van der Waals surface area (Å²) >= 11 is 7.19. The van der Waals surface area contributed by atoms with Crippen LogP contribution in [-0.2, 0) is 6.42 Å². The Labute approximate surface area is 141 Å². The summed E-state index contributed by atoms with van der Waals surface area (Å²) in [5, 5.41) is 7.57. The van der Waals surface area contributed by atoms with E-state index in [1.54, 1.807) is 11.3 Å². The minimum Gasteiger partial charge on any atom is -0.362 e. The highest BCUT2D eigenvalue weighted by atomic mass is 32.1. The summed E-state index contributed by atoms with van der Waals surface area (Å²) in [6.07, 6.45) is 4.77. The largest absolute Gasteiger partial charge is 0.362 e. The first-order chi connectivity index (χ1) is 10.8. The third kappa shape index (κ3) is 4.05. The molecular formula is C17H21N3S2. The standard InChI is InChI=1S/C17H21N3S2/c21-17(20-11-5-2-6-12-20)18-10-9-16-19-15(13-22-16)14-7-3-1-4-8-14/h1,3-4,7-8,13H,2,5-6,9-12H2,(H,18,21). The molecule has 1 aliphatic rings. The third-order valence-electron chi connectivity index (χ3n) is 3.88. The van der Waals surface area contributed by atoms with Crippen LogP contribution in [0.15, 0.2) is 35.7 Å².